The maximum Gasteiger partial charge on any atom is 0.222 e. The molecule has 0 saturated carbocycles. The van der Waals surface area contributed by atoms with Gasteiger partial charge in [0.15, 0.2) is 6.29 Å². The number of amides is 1. The summed E-state index contributed by atoms with van der Waals surface area (Å²) in [5.74, 6) is 0.0665. The first-order valence-corrected chi connectivity index (χ1v) is 3.42. The first-order chi connectivity index (χ1) is 5.74. The van der Waals surface area contributed by atoms with Crippen LogP contribution >= 0.6 is 0 Å². The van der Waals surface area contributed by atoms with Crippen molar-refractivity contribution >= 4 is 18.0 Å². The smallest absolute Gasteiger partial charge is 0.222 e. The SMILES string of the molecule is CC(=O)Nc1ncccc1C=O. The summed E-state index contributed by atoms with van der Waals surface area (Å²) < 4.78 is 0. The van der Waals surface area contributed by atoms with Crippen molar-refractivity contribution in [3.05, 3.63) is 23.9 Å². The zero-order valence-electron chi connectivity index (χ0n) is 6.57. The fourth-order valence-electron chi connectivity index (χ4n) is 0.784. The van der Waals surface area contributed by atoms with E-state index in [-0.39, 0.29) is 5.91 Å². The van der Waals surface area contributed by atoms with Gasteiger partial charge in [-0.3, -0.25) is 9.59 Å². The number of hydrogen-bond acceptors (Lipinski definition) is 3. The van der Waals surface area contributed by atoms with Crippen molar-refractivity contribution in [2.45, 2.75) is 6.92 Å². The van der Waals surface area contributed by atoms with E-state index >= 15 is 0 Å². The number of pyridine rings is 1. The van der Waals surface area contributed by atoms with Gasteiger partial charge in [0.05, 0.1) is 5.56 Å². The number of hydrogen-bond donors (Lipinski definition) is 1. The largest absolute Gasteiger partial charge is 0.310 e. The number of nitrogens with one attached hydrogen (secondary N) is 1. The summed E-state index contributed by atoms with van der Waals surface area (Å²) in [5, 5.41) is 2.44. The van der Waals surface area contributed by atoms with E-state index in [0.717, 1.165) is 0 Å². The van der Waals surface area contributed by atoms with Crippen LogP contribution in [-0.4, -0.2) is 17.2 Å². The Kier molecular flexibility index (Phi) is 2.53. The number of carbonyl (C=O) groups is 2. The lowest BCUT2D eigenvalue weighted by Crippen LogP contribution is -2.09. The lowest BCUT2D eigenvalue weighted by atomic mass is 10.3. The van der Waals surface area contributed by atoms with E-state index in [2.05, 4.69) is 10.3 Å². The average Bonchev–Trinajstić information content (AvgIpc) is 2.04. The van der Waals surface area contributed by atoms with Gasteiger partial charge in [-0.2, -0.15) is 0 Å². The molecule has 1 aromatic rings. The molecule has 1 N–H and O–H groups in total. The molecule has 62 valence electrons. The van der Waals surface area contributed by atoms with Gasteiger partial charge in [0.2, 0.25) is 5.91 Å². The third-order valence-electron chi connectivity index (χ3n) is 1.26. The van der Waals surface area contributed by atoms with Crippen LogP contribution in [0.1, 0.15) is 17.3 Å². The zero-order valence-corrected chi connectivity index (χ0v) is 6.57. The Morgan fingerprint density at radius 3 is 3.00 bits per heavy atom. The summed E-state index contributed by atoms with van der Waals surface area (Å²) >= 11 is 0. The molecule has 1 amide bonds. The van der Waals surface area contributed by atoms with E-state index in [1.165, 1.54) is 13.1 Å². The highest BCUT2D eigenvalue weighted by atomic mass is 16.1. The van der Waals surface area contributed by atoms with Crippen LogP contribution in [0.15, 0.2) is 18.3 Å². The van der Waals surface area contributed by atoms with Crippen LogP contribution < -0.4 is 5.32 Å². The van der Waals surface area contributed by atoms with Crippen LogP contribution in [0.3, 0.4) is 0 Å². The molecule has 0 aliphatic heterocycles. The number of anilines is 1. The number of rotatable bonds is 2. The Labute approximate surface area is 69.6 Å². The summed E-state index contributed by atoms with van der Waals surface area (Å²) in [4.78, 5) is 24.9. The van der Waals surface area contributed by atoms with Crippen LogP contribution in [0.25, 0.3) is 0 Å². The van der Waals surface area contributed by atoms with Gasteiger partial charge in [-0.25, -0.2) is 4.98 Å². The summed E-state index contributed by atoms with van der Waals surface area (Å²) in [6.07, 6.45) is 2.16. The van der Waals surface area contributed by atoms with Crippen molar-refractivity contribution in [2.24, 2.45) is 0 Å². The molecular formula is C8H8N2O2. The Hall–Kier alpha value is -1.71. The molecule has 1 rings (SSSR count). The minimum atomic E-state index is -0.239. The van der Waals surface area contributed by atoms with Crippen LogP contribution in [0.2, 0.25) is 0 Å². The van der Waals surface area contributed by atoms with Gasteiger partial charge < -0.3 is 5.32 Å². The number of nitrogens with zero attached hydrogens (tertiary/aromatic N) is 1. The van der Waals surface area contributed by atoms with Crippen molar-refractivity contribution in [1.82, 2.24) is 4.98 Å². The highest BCUT2D eigenvalue weighted by Crippen LogP contribution is 2.07. The van der Waals surface area contributed by atoms with Crippen molar-refractivity contribution in [3.8, 4) is 0 Å². The summed E-state index contributed by atoms with van der Waals surface area (Å²) in [7, 11) is 0. The van der Waals surface area contributed by atoms with Crippen LogP contribution in [0.5, 0.6) is 0 Å². The van der Waals surface area contributed by atoms with Crippen molar-refractivity contribution < 1.29 is 9.59 Å². The van der Waals surface area contributed by atoms with Gasteiger partial charge >= 0.3 is 0 Å². The lowest BCUT2D eigenvalue weighted by Gasteiger charge is -2.01. The van der Waals surface area contributed by atoms with Gasteiger partial charge in [0, 0.05) is 13.1 Å². The maximum absolute atomic E-state index is 10.6. The lowest BCUT2D eigenvalue weighted by molar-refractivity contribution is -0.114. The second-order valence-corrected chi connectivity index (χ2v) is 2.24. The van der Waals surface area contributed by atoms with E-state index in [0.29, 0.717) is 17.7 Å². The van der Waals surface area contributed by atoms with Gasteiger partial charge in [0.25, 0.3) is 0 Å². The quantitative estimate of drug-likeness (QED) is 0.659. The Bertz CT molecular complexity index is 310. The molecule has 0 spiro atoms. The maximum atomic E-state index is 10.6. The molecule has 0 aliphatic rings. The third-order valence-corrected chi connectivity index (χ3v) is 1.26. The molecule has 1 heterocycles. The topological polar surface area (TPSA) is 59.1 Å². The van der Waals surface area contributed by atoms with E-state index in [9.17, 15) is 9.59 Å². The van der Waals surface area contributed by atoms with E-state index in [4.69, 9.17) is 0 Å². The van der Waals surface area contributed by atoms with Gasteiger partial charge in [-0.1, -0.05) is 0 Å². The molecule has 0 aliphatic carbocycles. The zero-order chi connectivity index (χ0) is 8.97. The van der Waals surface area contributed by atoms with Crippen LogP contribution in [-0.2, 0) is 4.79 Å². The molecule has 0 bridgehead atoms. The Morgan fingerprint density at radius 1 is 1.67 bits per heavy atom. The van der Waals surface area contributed by atoms with E-state index < -0.39 is 0 Å². The monoisotopic (exact) mass is 164 g/mol. The van der Waals surface area contributed by atoms with Gasteiger partial charge in [-0.15, -0.1) is 0 Å². The van der Waals surface area contributed by atoms with Crippen molar-refractivity contribution in [1.29, 1.82) is 0 Å². The van der Waals surface area contributed by atoms with Crippen molar-refractivity contribution in [3.63, 3.8) is 0 Å². The average molecular weight is 164 g/mol. The van der Waals surface area contributed by atoms with Crippen LogP contribution in [0.4, 0.5) is 5.82 Å². The summed E-state index contributed by atoms with van der Waals surface area (Å²) in [5.41, 5.74) is 0.382. The molecule has 1 aromatic heterocycles. The van der Waals surface area contributed by atoms with Crippen molar-refractivity contribution in [2.75, 3.05) is 5.32 Å². The summed E-state index contributed by atoms with van der Waals surface area (Å²) in [6.45, 7) is 1.36. The molecule has 0 fully saturated rings. The predicted octanol–water partition coefficient (Wildman–Crippen LogP) is 0.852. The number of carbonyl (C=O) groups excluding carboxylic acids is 2. The Balaban J connectivity index is 2.96. The molecule has 0 saturated heterocycles. The highest BCUT2D eigenvalue weighted by Gasteiger charge is 2.01. The molecule has 0 atom stereocenters. The van der Waals surface area contributed by atoms with Gasteiger partial charge in [0.1, 0.15) is 5.82 Å². The molecule has 0 aromatic carbocycles. The molecule has 4 nitrogen and oxygen atoms in total. The molecular weight excluding hydrogens is 156 g/mol. The van der Waals surface area contributed by atoms with Crippen LogP contribution in [0, 0.1) is 0 Å². The molecule has 4 heteroatoms. The fraction of sp³-hybridized carbons (Fsp3) is 0.125. The van der Waals surface area contributed by atoms with E-state index in [1.54, 1.807) is 12.1 Å². The fourth-order valence-corrected chi connectivity index (χ4v) is 0.784. The Morgan fingerprint density at radius 2 is 2.42 bits per heavy atom. The van der Waals surface area contributed by atoms with Gasteiger partial charge in [-0.05, 0) is 12.1 Å². The standard InChI is InChI=1S/C8H8N2O2/c1-6(12)10-8-7(5-11)3-2-4-9-8/h2-5H,1H3,(H,9,10,12). The minimum absolute atomic E-state index is 0.239. The predicted molar refractivity (Wildman–Crippen MR) is 43.9 cm³/mol. The first-order valence-electron chi connectivity index (χ1n) is 3.42. The number of aromatic nitrogens is 1. The summed E-state index contributed by atoms with van der Waals surface area (Å²) in [6, 6.07) is 3.22. The minimum Gasteiger partial charge on any atom is -0.310 e. The second-order valence-electron chi connectivity index (χ2n) is 2.24. The third kappa shape index (κ3) is 1.88. The molecule has 12 heavy (non-hydrogen) atoms. The van der Waals surface area contributed by atoms with E-state index in [1.807, 2.05) is 0 Å². The first kappa shape index (κ1) is 8.39. The normalized spacial score (nSPS) is 9.08. The molecule has 0 unspecified atom stereocenters. The number of aldehydes is 1. The molecule has 0 radical (unpaired) electrons. The second kappa shape index (κ2) is 3.61. The highest BCUT2D eigenvalue weighted by molar-refractivity contribution is 5.93.